The second-order valence-electron chi connectivity index (χ2n) is 3.88. The number of nitrogens with one attached hydrogen (secondary N) is 1. The first-order valence-corrected chi connectivity index (χ1v) is 5.14. The molecule has 1 atom stereocenters. The highest BCUT2D eigenvalue weighted by molar-refractivity contribution is 5.45. The van der Waals surface area contributed by atoms with Crippen molar-refractivity contribution >= 4 is 5.69 Å². The number of aromatic nitrogens is 1. The zero-order valence-corrected chi connectivity index (χ0v) is 8.83. The van der Waals surface area contributed by atoms with Gasteiger partial charge in [-0.25, -0.2) is 0 Å². The van der Waals surface area contributed by atoms with E-state index in [2.05, 4.69) is 27.3 Å². The normalized spacial score (nSPS) is 21.6. The Hall–Kier alpha value is -1.09. The van der Waals surface area contributed by atoms with Crippen LogP contribution in [0.15, 0.2) is 18.3 Å². The van der Waals surface area contributed by atoms with Crippen LogP contribution in [-0.2, 0) is 0 Å². The molecule has 1 unspecified atom stereocenters. The zero-order valence-electron chi connectivity index (χ0n) is 8.83. The van der Waals surface area contributed by atoms with Gasteiger partial charge in [-0.2, -0.15) is 0 Å². The van der Waals surface area contributed by atoms with Gasteiger partial charge in [-0.15, -0.1) is 0 Å². The first kappa shape index (κ1) is 9.46. The fourth-order valence-electron chi connectivity index (χ4n) is 1.88. The Balaban J connectivity index is 2.06. The number of aryl methyl sites for hydroxylation is 1. The highest BCUT2D eigenvalue weighted by Crippen LogP contribution is 2.19. The van der Waals surface area contributed by atoms with E-state index < -0.39 is 0 Å². The second-order valence-corrected chi connectivity index (χ2v) is 3.88. The molecule has 0 aromatic carbocycles. The largest absolute Gasteiger partial charge is 0.369 e. The lowest BCUT2D eigenvalue weighted by Gasteiger charge is -2.18. The van der Waals surface area contributed by atoms with Gasteiger partial charge < -0.3 is 10.2 Å². The van der Waals surface area contributed by atoms with Gasteiger partial charge in [-0.1, -0.05) is 0 Å². The Kier molecular flexibility index (Phi) is 2.68. The minimum atomic E-state index is 0.635. The van der Waals surface area contributed by atoms with Crippen molar-refractivity contribution < 1.29 is 0 Å². The van der Waals surface area contributed by atoms with Crippen molar-refractivity contribution in [2.45, 2.75) is 19.4 Å². The predicted molar refractivity (Wildman–Crippen MR) is 58.7 cm³/mol. The van der Waals surface area contributed by atoms with Crippen LogP contribution in [0.4, 0.5) is 5.69 Å². The molecule has 1 aromatic rings. The molecule has 0 saturated carbocycles. The number of rotatable bonds is 2. The quantitative estimate of drug-likeness (QED) is 0.761. The van der Waals surface area contributed by atoms with E-state index >= 15 is 0 Å². The van der Waals surface area contributed by atoms with Crippen LogP contribution in [0, 0.1) is 6.92 Å². The van der Waals surface area contributed by atoms with Gasteiger partial charge in [0, 0.05) is 24.8 Å². The average Bonchev–Trinajstić information content (AvgIpc) is 2.67. The second kappa shape index (κ2) is 3.96. The number of pyridine rings is 1. The summed E-state index contributed by atoms with van der Waals surface area (Å²) in [4.78, 5) is 6.70. The van der Waals surface area contributed by atoms with Crippen LogP contribution in [0.5, 0.6) is 0 Å². The first-order valence-electron chi connectivity index (χ1n) is 5.14. The summed E-state index contributed by atoms with van der Waals surface area (Å²) in [5, 5.41) is 3.31. The van der Waals surface area contributed by atoms with Gasteiger partial charge in [0.25, 0.3) is 0 Å². The monoisotopic (exact) mass is 191 g/mol. The smallest absolute Gasteiger partial charge is 0.0553 e. The molecular weight excluding hydrogens is 174 g/mol. The summed E-state index contributed by atoms with van der Waals surface area (Å²) in [7, 11) is 2.03. The summed E-state index contributed by atoms with van der Waals surface area (Å²) in [6, 6.07) is 4.86. The molecule has 1 N–H and O–H groups in total. The van der Waals surface area contributed by atoms with Crippen LogP contribution < -0.4 is 10.2 Å². The Morgan fingerprint density at radius 1 is 1.50 bits per heavy atom. The molecule has 1 aliphatic heterocycles. The highest BCUT2D eigenvalue weighted by Gasteiger charge is 2.20. The Morgan fingerprint density at radius 2 is 2.36 bits per heavy atom. The van der Waals surface area contributed by atoms with E-state index in [1.54, 1.807) is 0 Å². The summed E-state index contributed by atoms with van der Waals surface area (Å²) in [6.07, 6.45) is 3.19. The molecule has 0 amide bonds. The van der Waals surface area contributed by atoms with Crippen molar-refractivity contribution in [3.8, 4) is 0 Å². The lowest BCUT2D eigenvalue weighted by molar-refractivity contribution is 0.617. The van der Waals surface area contributed by atoms with Crippen molar-refractivity contribution in [3.63, 3.8) is 0 Å². The minimum absolute atomic E-state index is 0.635. The first-order chi connectivity index (χ1) is 6.79. The Bertz CT molecular complexity index is 294. The maximum absolute atomic E-state index is 4.31. The average molecular weight is 191 g/mol. The third kappa shape index (κ3) is 1.87. The highest BCUT2D eigenvalue weighted by atomic mass is 15.2. The maximum Gasteiger partial charge on any atom is 0.0553 e. The summed E-state index contributed by atoms with van der Waals surface area (Å²) in [5.41, 5.74) is 2.33. The van der Waals surface area contributed by atoms with Crippen molar-refractivity contribution in [2.24, 2.45) is 0 Å². The van der Waals surface area contributed by atoms with Gasteiger partial charge >= 0.3 is 0 Å². The summed E-state index contributed by atoms with van der Waals surface area (Å²) in [6.45, 7) is 4.25. The molecule has 1 saturated heterocycles. The lowest BCUT2D eigenvalue weighted by Crippen LogP contribution is -2.29. The number of hydrogen-bond donors (Lipinski definition) is 1. The number of likely N-dealkylation sites (N-methyl/N-ethyl adjacent to an activating group) is 1. The van der Waals surface area contributed by atoms with Gasteiger partial charge in [0.05, 0.1) is 11.9 Å². The molecule has 2 heterocycles. The summed E-state index contributed by atoms with van der Waals surface area (Å²) in [5.74, 6) is 0. The van der Waals surface area contributed by atoms with Gasteiger partial charge in [-0.05, 0) is 32.5 Å². The SMILES string of the molecule is CNC1CCN(c2ccc(C)nc2)C1. The topological polar surface area (TPSA) is 28.2 Å². The number of nitrogens with zero attached hydrogens (tertiary/aromatic N) is 2. The fourth-order valence-corrected chi connectivity index (χ4v) is 1.88. The standard InChI is InChI=1S/C11H17N3/c1-9-3-4-11(7-13-9)14-6-5-10(8-14)12-2/h3-4,7,10,12H,5-6,8H2,1-2H3. The predicted octanol–water partition coefficient (Wildman–Crippen LogP) is 1.19. The van der Waals surface area contributed by atoms with Crippen molar-refractivity contribution in [1.29, 1.82) is 0 Å². The van der Waals surface area contributed by atoms with E-state index in [1.165, 1.54) is 12.1 Å². The summed E-state index contributed by atoms with van der Waals surface area (Å²) < 4.78 is 0. The molecule has 0 aliphatic carbocycles. The molecular formula is C11H17N3. The third-order valence-corrected chi connectivity index (χ3v) is 2.86. The van der Waals surface area contributed by atoms with Crippen molar-refractivity contribution in [3.05, 3.63) is 24.0 Å². The molecule has 0 bridgehead atoms. The van der Waals surface area contributed by atoms with Crippen LogP contribution in [0.1, 0.15) is 12.1 Å². The molecule has 1 aliphatic rings. The van der Waals surface area contributed by atoms with E-state index in [0.717, 1.165) is 18.8 Å². The molecule has 0 radical (unpaired) electrons. The fraction of sp³-hybridized carbons (Fsp3) is 0.545. The minimum Gasteiger partial charge on any atom is -0.369 e. The van der Waals surface area contributed by atoms with Crippen LogP contribution >= 0.6 is 0 Å². The summed E-state index contributed by atoms with van der Waals surface area (Å²) >= 11 is 0. The van der Waals surface area contributed by atoms with Crippen molar-refractivity contribution in [2.75, 3.05) is 25.0 Å². The van der Waals surface area contributed by atoms with E-state index in [4.69, 9.17) is 0 Å². The van der Waals surface area contributed by atoms with Gasteiger partial charge in [0.1, 0.15) is 0 Å². The molecule has 3 heteroatoms. The van der Waals surface area contributed by atoms with Gasteiger partial charge in [0.2, 0.25) is 0 Å². The van der Waals surface area contributed by atoms with Crippen LogP contribution in [0.3, 0.4) is 0 Å². The molecule has 1 aromatic heterocycles. The molecule has 1 fully saturated rings. The maximum atomic E-state index is 4.31. The molecule has 14 heavy (non-hydrogen) atoms. The van der Waals surface area contributed by atoms with Gasteiger partial charge in [-0.3, -0.25) is 4.98 Å². The van der Waals surface area contributed by atoms with E-state index in [0.29, 0.717) is 6.04 Å². The van der Waals surface area contributed by atoms with E-state index in [1.807, 2.05) is 20.2 Å². The molecule has 2 rings (SSSR count). The Morgan fingerprint density at radius 3 is 2.93 bits per heavy atom. The van der Waals surface area contributed by atoms with Crippen LogP contribution in [0.2, 0.25) is 0 Å². The zero-order chi connectivity index (χ0) is 9.97. The number of anilines is 1. The van der Waals surface area contributed by atoms with Crippen LogP contribution in [-0.4, -0.2) is 31.2 Å². The van der Waals surface area contributed by atoms with Crippen LogP contribution in [0.25, 0.3) is 0 Å². The molecule has 3 nitrogen and oxygen atoms in total. The Labute approximate surface area is 85.1 Å². The molecule has 76 valence electrons. The van der Waals surface area contributed by atoms with E-state index in [9.17, 15) is 0 Å². The van der Waals surface area contributed by atoms with E-state index in [-0.39, 0.29) is 0 Å². The van der Waals surface area contributed by atoms with Crippen molar-refractivity contribution in [1.82, 2.24) is 10.3 Å². The number of hydrogen-bond acceptors (Lipinski definition) is 3. The van der Waals surface area contributed by atoms with Gasteiger partial charge in [0.15, 0.2) is 0 Å². The third-order valence-electron chi connectivity index (χ3n) is 2.86. The molecule has 0 spiro atoms. The lowest BCUT2D eigenvalue weighted by atomic mass is 10.3.